The number of rotatable bonds is 1. The van der Waals surface area contributed by atoms with Crippen molar-refractivity contribution in [2.45, 2.75) is 19.3 Å². The lowest BCUT2D eigenvalue weighted by atomic mass is 9.94. The summed E-state index contributed by atoms with van der Waals surface area (Å²) in [5, 5.41) is 1.18. The van der Waals surface area contributed by atoms with Gasteiger partial charge in [-0.25, -0.2) is 0 Å². The molecular formula is C11H13OP. The van der Waals surface area contributed by atoms with Gasteiger partial charge < -0.3 is 4.89 Å². The second kappa shape index (κ2) is 3.61. The molecule has 0 bridgehead atoms. The first-order chi connectivity index (χ1) is 6.29. The van der Waals surface area contributed by atoms with Crippen LogP contribution in [0.4, 0.5) is 0 Å². The zero-order valence-corrected chi connectivity index (χ0v) is 8.63. The fourth-order valence-electron chi connectivity index (χ4n) is 1.90. The predicted octanol–water partition coefficient (Wildman–Crippen LogP) is 2.12. The van der Waals surface area contributed by atoms with Crippen LogP contribution in [-0.2, 0) is 0 Å². The number of hydrogen-bond acceptors (Lipinski definition) is 1. The third-order valence-corrected chi connectivity index (χ3v) is 4.48. The molecule has 1 nitrogen and oxygen atoms in total. The quantitative estimate of drug-likeness (QED) is 0.625. The molecule has 0 aromatic heterocycles. The Morgan fingerprint density at radius 1 is 1.31 bits per heavy atom. The van der Waals surface area contributed by atoms with E-state index in [1.807, 2.05) is 25.1 Å². The Morgan fingerprint density at radius 3 is 2.54 bits per heavy atom. The minimum atomic E-state index is -1.02. The van der Waals surface area contributed by atoms with E-state index in [9.17, 15) is 4.89 Å². The Bertz CT molecular complexity index is 329. The van der Waals surface area contributed by atoms with Crippen LogP contribution in [-0.4, -0.2) is 11.5 Å². The van der Waals surface area contributed by atoms with E-state index >= 15 is 0 Å². The van der Waals surface area contributed by atoms with Gasteiger partial charge in [-0.15, -0.1) is 0 Å². The van der Waals surface area contributed by atoms with Crippen LogP contribution in [0, 0.1) is 0 Å². The van der Waals surface area contributed by atoms with Crippen molar-refractivity contribution >= 4 is 13.1 Å². The van der Waals surface area contributed by atoms with E-state index in [-0.39, 0.29) is 0 Å². The first-order valence-corrected chi connectivity index (χ1v) is 6.06. The third kappa shape index (κ3) is 1.67. The van der Waals surface area contributed by atoms with Crippen molar-refractivity contribution in [3.63, 3.8) is 0 Å². The maximum Gasteiger partial charge on any atom is 0.104 e. The molecule has 13 heavy (non-hydrogen) atoms. The normalized spacial score (nSPS) is 25.2. The summed E-state index contributed by atoms with van der Waals surface area (Å²) < 4.78 is 0. The predicted molar refractivity (Wildman–Crippen MR) is 56.3 cm³/mol. The molecule has 0 aliphatic carbocycles. The summed E-state index contributed by atoms with van der Waals surface area (Å²) in [6, 6.07) is 10.4. The fourth-order valence-corrected chi connectivity index (χ4v) is 3.37. The van der Waals surface area contributed by atoms with Crippen molar-refractivity contribution < 1.29 is 4.89 Å². The molecule has 1 aliphatic heterocycles. The van der Waals surface area contributed by atoms with Crippen LogP contribution in [0.1, 0.15) is 24.8 Å². The van der Waals surface area contributed by atoms with Gasteiger partial charge in [-0.05, 0) is 12.5 Å². The van der Waals surface area contributed by atoms with Crippen molar-refractivity contribution in [2.75, 3.05) is 6.16 Å². The number of hydrogen-bond donors (Lipinski definition) is 0. The van der Waals surface area contributed by atoms with E-state index in [0.29, 0.717) is 5.92 Å². The minimum Gasteiger partial charge on any atom is -0.630 e. The first kappa shape index (κ1) is 8.93. The average Bonchev–Trinajstić information content (AvgIpc) is 2.49. The smallest absolute Gasteiger partial charge is 0.104 e. The van der Waals surface area contributed by atoms with Crippen molar-refractivity contribution in [2.24, 2.45) is 0 Å². The maximum absolute atomic E-state index is 11.5. The van der Waals surface area contributed by atoms with E-state index in [1.54, 1.807) is 0 Å². The maximum atomic E-state index is 11.5. The molecule has 0 saturated carbocycles. The highest BCUT2D eigenvalue weighted by molar-refractivity contribution is 7.52. The summed E-state index contributed by atoms with van der Waals surface area (Å²) in [5.41, 5.74) is 1.32. The van der Waals surface area contributed by atoms with Gasteiger partial charge in [-0.1, -0.05) is 30.3 Å². The van der Waals surface area contributed by atoms with Crippen LogP contribution >= 0.6 is 7.77 Å². The molecule has 68 valence electrons. The van der Waals surface area contributed by atoms with E-state index in [1.165, 1.54) is 10.9 Å². The monoisotopic (exact) mass is 192 g/mol. The molecular weight excluding hydrogens is 179 g/mol. The topological polar surface area (TPSA) is 23.1 Å². The highest BCUT2D eigenvalue weighted by Crippen LogP contribution is 2.37. The molecule has 0 radical (unpaired) electrons. The molecule has 2 rings (SSSR count). The molecule has 1 aromatic carbocycles. The zero-order chi connectivity index (χ0) is 9.26. The third-order valence-electron chi connectivity index (χ3n) is 2.72. The Morgan fingerprint density at radius 2 is 2.00 bits per heavy atom. The molecule has 2 unspecified atom stereocenters. The highest BCUT2D eigenvalue weighted by atomic mass is 31.1. The highest BCUT2D eigenvalue weighted by Gasteiger charge is 2.27. The fraction of sp³-hybridized carbons (Fsp3) is 0.364. The minimum absolute atomic E-state index is 0.449. The molecule has 2 atom stereocenters. The Labute approximate surface area is 79.9 Å². The molecule has 0 saturated heterocycles. The Kier molecular flexibility index (Phi) is 2.48. The van der Waals surface area contributed by atoms with E-state index in [0.717, 1.165) is 12.6 Å². The number of benzene rings is 1. The summed E-state index contributed by atoms with van der Waals surface area (Å²) in [4.78, 5) is 11.5. The Hall–Kier alpha value is -0.650. The van der Waals surface area contributed by atoms with Crippen LogP contribution in [0.2, 0.25) is 0 Å². The van der Waals surface area contributed by atoms with Gasteiger partial charge in [0.15, 0.2) is 0 Å². The second-order valence-corrected chi connectivity index (χ2v) is 5.41. The van der Waals surface area contributed by atoms with E-state index in [4.69, 9.17) is 0 Å². The van der Waals surface area contributed by atoms with E-state index < -0.39 is 7.77 Å². The molecule has 0 amide bonds. The Balaban J connectivity index is 2.30. The lowest BCUT2D eigenvalue weighted by Crippen LogP contribution is -2.04. The van der Waals surface area contributed by atoms with Crippen LogP contribution in [0.15, 0.2) is 30.3 Å². The van der Waals surface area contributed by atoms with Gasteiger partial charge in [0.05, 0.1) is 5.29 Å². The lowest BCUT2D eigenvalue weighted by molar-refractivity contribution is -0.152. The van der Waals surface area contributed by atoms with Gasteiger partial charge in [-0.3, -0.25) is 0 Å². The molecule has 0 N–H and O–H groups in total. The van der Waals surface area contributed by atoms with Crippen LogP contribution in [0.5, 0.6) is 0 Å². The zero-order valence-electron chi connectivity index (χ0n) is 7.73. The standard InChI is InChI=1S/C11H13OP/c1-9-11(7-8-13(9)12)10-5-3-2-4-6-10/h2-6,11H,7-8H2,1H3. The molecule has 2 heteroatoms. The van der Waals surface area contributed by atoms with Gasteiger partial charge in [0, 0.05) is 20.1 Å². The first-order valence-electron chi connectivity index (χ1n) is 4.62. The summed E-state index contributed by atoms with van der Waals surface area (Å²) >= 11 is 0. The van der Waals surface area contributed by atoms with Gasteiger partial charge in [0.1, 0.15) is 6.16 Å². The van der Waals surface area contributed by atoms with Crippen LogP contribution in [0.3, 0.4) is 0 Å². The largest absolute Gasteiger partial charge is 0.630 e. The van der Waals surface area contributed by atoms with Crippen molar-refractivity contribution in [3.8, 4) is 0 Å². The van der Waals surface area contributed by atoms with Crippen LogP contribution < -0.4 is 4.89 Å². The van der Waals surface area contributed by atoms with Gasteiger partial charge in [0.25, 0.3) is 0 Å². The average molecular weight is 192 g/mol. The summed E-state index contributed by atoms with van der Waals surface area (Å²) in [5.74, 6) is 0.449. The molecule has 0 spiro atoms. The molecule has 1 heterocycles. The van der Waals surface area contributed by atoms with Gasteiger partial charge >= 0.3 is 0 Å². The SMILES string of the molecule is CC1=[P+]([O-])CCC1c1ccccc1. The van der Waals surface area contributed by atoms with Gasteiger partial charge in [-0.2, -0.15) is 0 Å². The molecule has 1 aromatic rings. The van der Waals surface area contributed by atoms with Crippen molar-refractivity contribution in [1.29, 1.82) is 0 Å². The molecule has 1 aliphatic rings. The summed E-state index contributed by atoms with van der Waals surface area (Å²) in [7, 11) is -1.02. The van der Waals surface area contributed by atoms with E-state index in [2.05, 4.69) is 12.1 Å². The van der Waals surface area contributed by atoms with Crippen molar-refractivity contribution in [3.05, 3.63) is 35.9 Å². The summed E-state index contributed by atoms with van der Waals surface area (Å²) in [6.45, 7) is 2.03. The molecule has 0 fully saturated rings. The van der Waals surface area contributed by atoms with Crippen molar-refractivity contribution in [1.82, 2.24) is 0 Å². The van der Waals surface area contributed by atoms with Gasteiger partial charge in [0.2, 0.25) is 0 Å². The summed E-state index contributed by atoms with van der Waals surface area (Å²) in [6.07, 6.45) is 1.94. The lowest BCUT2D eigenvalue weighted by Gasteiger charge is -2.07. The second-order valence-electron chi connectivity index (χ2n) is 3.50. The van der Waals surface area contributed by atoms with Crippen LogP contribution in [0.25, 0.3) is 0 Å².